The number of aromatic amines is 1. The zero-order valence-corrected chi connectivity index (χ0v) is 15.8. The fourth-order valence-corrected chi connectivity index (χ4v) is 4.52. The average Bonchev–Trinajstić information content (AvgIpc) is 3.38. The first-order valence-corrected chi connectivity index (χ1v) is 10.4. The Labute approximate surface area is 158 Å². The van der Waals surface area contributed by atoms with Crippen LogP contribution in [0.1, 0.15) is 36.2 Å². The number of ether oxygens (including phenoxy) is 1. The number of carbonyl (C=O) groups excluding carboxylic acids is 1. The van der Waals surface area contributed by atoms with Gasteiger partial charge in [-0.2, -0.15) is 16.4 Å². The van der Waals surface area contributed by atoms with Crippen molar-refractivity contribution in [3.8, 4) is 11.3 Å². The smallest absolute Gasteiger partial charge is 0.272 e. The second-order valence-corrected chi connectivity index (χ2v) is 7.85. The van der Waals surface area contributed by atoms with Crippen LogP contribution < -0.4 is 0 Å². The number of hydrogen-bond donors (Lipinski definition) is 1. The van der Waals surface area contributed by atoms with Gasteiger partial charge in [-0.3, -0.25) is 14.8 Å². The Balaban J connectivity index is 1.41. The summed E-state index contributed by atoms with van der Waals surface area (Å²) in [7, 11) is 0. The molecule has 4 rings (SSSR count). The Morgan fingerprint density at radius 3 is 3.00 bits per heavy atom. The molecular formula is C19H26N4O2S. The molecule has 0 radical (unpaired) electrons. The quantitative estimate of drug-likeness (QED) is 0.874. The number of H-pyrrole nitrogens is 1. The van der Waals surface area contributed by atoms with E-state index in [2.05, 4.69) is 25.4 Å². The summed E-state index contributed by atoms with van der Waals surface area (Å²) < 4.78 is 5.43. The number of morpholine rings is 1. The third-order valence-corrected chi connectivity index (χ3v) is 6.08. The SMILES string of the molecule is O=C(c1cc(-c2ccsc2)n[nH]1)N1CCCCC1CCN1CCOCC1. The monoisotopic (exact) mass is 374 g/mol. The highest BCUT2D eigenvalue weighted by atomic mass is 32.1. The summed E-state index contributed by atoms with van der Waals surface area (Å²) in [4.78, 5) is 17.6. The topological polar surface area (TPSA) is 61.5 Å². The van der Waals surface area contributed by atoms with Crippen LogP contribution in [0.2, 0.25) is 0 Å². The lowest BCUT2D eigenvalue weighted by molar-refractivity contribution is 0.0295. The molecule has 6 nitrogen and oxygen atoms in total. The molecule has 26 heavy (non-hydrogen) atoms. The van der Waals surface area contributed by atoms with E-state index in [4.69, 9.17) is 4.74 Å². The van der Waals surface area contributed by atoms with Crippen LogP contribution in [0.25, 0.3) is 11.3 Å². The summed E-state index contributed by atoms with van der Waals surface area (Å²) in [5.74, 6) is 0.0886. The highest BCUT2D eigenvalue weighted by Crippen LogP contribution is 2.25. The second-order valence-electron chi connectivity index (χ2n) is 7.07. The van der Waals surface area contributed by atoms with Gasteiger partial charge in [0.1, 0.15) is 5.69 Å². The molecule has 0 spiro atoms. The Bertz CT molecular complexity index is 709. The molecule has 1 amide bonds. The van der Waals surface area contributed by atoms with Crippen molar-refractivity contribution in [1.82, 2.24) is 20.0 Å². The van der Waals surface area contributed by atoms with Crippen molar-refractivity contribution in [3.05, 3.63) is 28.6 Å². The van der Waals surface area contributed by atoms with Crippen molar-refractivity contribution in [3.63, 3.8) is 0 Å². The third-order valence-electron chi connectivity index (χ3n) is 5.40. The minimum atomic E-state index is 0.0886. The molecule has 0 aromatic carbocycles. The van der Waals surface area contributed by atoms with Crippen LogP contribution in [0, 0.1) is 0 Å². The van der Waals surface area contributed by atoms with E-state index in [1.165, 1.54) is 6.42 Å². The molecule has 0 aliphatic carbocycles. The van der Waals surface area contributed by atoms with Gasteiger partial charge in [-0.25, -0.2) is 0 Å². The highest BCUT2D eigenvalue weighted by molar-refractivity contribution is 7.08. The number of piperidine rings is 1. The van der Waals surface area contributed by atoms with Gasteiger partial charge in [0.25, 0.3) is 5.91 Å². The number of carbonyl (C=O) groups is 1. The Kier molecular flexibility index (Phi) is 5.67. The standard InChI is InChI=1S/C19H26N4O2S/c24-19(18-13-17(20-21-18)15-5-12-26-14-15)23-6-2-1-3-16(23)4-7-22-8-10-25-11-9-22/h5,12-14,16H,1-4,6-11H2,(H,20,21). The third kappa shape index (κ3) is 4.00. The Morgan fingerprint density at radius 2 is 2.19 bits per heavy atom. The minimum absolute atomic E-state index is 0.0886. The highest BCUT2D eigenvalue weighted by Gasteiger charge is 2.29. The summed E-state index contributed by atoms with van der Waals surface area (Å²) in [6, 6.07) is 4.24. The van der Waals surface area contributed by atoms with Crippen molar-refractivity contribution in [2.75, 3.05) is 39.4 Å². The van der Waals surface area contributed by atoms with E-state index < -0.39 is 0 Å². The first-order valence-electron chi connectivity index (χ1n) is 9.50. The van der Waals surface area contributed by atoms with Crippen LogP contribution in [-0.2, 0) is 4.74 Å². The lowest BCUT2D eigenvalue weighted by Gasteiger charge is -2.37. The summed E-state index contributed by atoms with van der Waals surface area (Å²) >= 11 is 1.64. The van der Waals surface area contributed by atoms with Gasteiger partial charge in [-0.1, -0.05) is 0 Å². The van der Waals surface area contributed by atoms with Crippen LogP contribution in [0.4, 0.5) is 0 Å². The molecule has 0 bridgehead atoms. The number of thiophene rings is 1. The van der Waals surface area contributed by atoms with E-state index >= 15 is 0 Å². The maximum Gasteiger partial charge on any atom is 0.272 e. The van der Waals surface area contributed by atoms with Crippen molar-refractivity contribution in [1.29, 1.82) is 0 Å². The fraction of sp³-hybridized carbons (Fsp3) is 0.579. The molecule has 0 saturated carbocycles. The first kappa shape index (κ1) is 17.7. The maximum atomic E-state index is 13.1. The molecule has 2 fully saturated rings. The van der Waals surface area contributed by atoms with E-state index in [1.54, 1.807) is 11.3 Å². The van der Waals surface area contributed by atoms with Gasteiger partial charge < -0.3 is 9.64 Å². The van der Waals surface area contributed by atoms with Crippen LogP contribution in [0.5, 0.6) is 0 Å². The summed E-state index contributed by atoms with van der Waals surface area (Å²) in [5.41, 5.74) is 2.51. The van der Waals surface area contributed by atoms with E-state index in [1.807, 2.05) is 17.5 Å². The van der Waals surface area contributed by atoms with Crippen molar-refractivity contribution >= 4 is 17.2 Å². The summed E-state index contributed by atoms with van der Waals surface area (Å²) in [5, 5.41) is 11.4. The number of aromatic nitrogens is 2. The number of amides is 1. The summed E-state index contributed by atoms with van der Waals surface area (Å²) in [6.45, 7) is 5.55. The van der Waals surface area contributed by atoms with Crippen molar-refractivity contribution < 1.29 is 9.53 Å². The van der Waals surface area contributed by atoms with Gasteiger partial charge >= 0.3 is 0 Å². The zero-order valence-electron chi connectivity index (χ0n) is 15.0. The number of likely N-dealkylation sites (tertiary alicyclic amines) is 1. The minimum Gasteiger partial charge on any atom is -0.379 e. The van der Waals surface area contributed by atoms with E-state index in [9.17, 15) is 4.79 Å². The Morgan fingerprint density at radius 1 is 1.31 bits per heavy atom. The molecule has 1 N–H and O–H groups in total. The van der Waals surface area contributed by atoms with Crippen molar-refractivity contribution in [2.45, 2.75) is 31.7 Å². The Hall–Kier alpha value is -1.70. The fourth-order valence-electron chi connectivity index (χ4n) is 3.87. The van der Waals surface area contributed by atoms with Crippen LogP contribution in [0.15, 0.2) is 22.9 Å². The predicted octanol–water partition coefficient (Wildman–Crippen LogP) is 2.86. The van der Waals surface area contributed by atoms with E-state index in [-0.39, 0.29) is 5.91 Å². The zero-order chi connectivity index (χ0) is 17.8. The van der Waals surface area contributed by atoms with E-state index in [0.717, 1.165) is 69.9 Å². The number of nitrogens with zero attached hydrogens (tertiary/aromatic N) is 3. The first-order chi connectivity index (χ1) is 12.8. The van der Waals surface area contributed by atoms with Gasteiger partial charge in [-0.05, 0) is 43.2 Å². The lowest BCUT2D eigenvalue weighted by Crippen LogP contribution is -2.46. The summed E-state index contributed by atoms with van der Waals surface area (Å²) in [6.07, 6.45) is 4.44. The molecule has 2 aliphatic rings. The van der Waals surface area contributed by atoms with Gasteiger partial charge in [0, 0.05) is 43.2 Å². The number of hydrogen-bond acceptors (Lipinski definition) is 5. The average molecular weight is 375 g/mol. The van der Waals surface area contributed by atoms with Crippen molar-refractivity contribution in [2.24, 2.45) is 0 Å². The number of rotatable bonds is 5. The molecule has 7 heteroatoms. The van der Waals surface area contributed by atoms with E-state index in [0.29, 0.717) is 11.7 Å². The molecule has 140 valence electrons. The largest absolute Gasteiger partial charge is 0.379 e. The molecule has 4 heterocycles. The molecule has 2 aromatic heterocycles. The van der Waals surface area contributed by atoms with Crippen LogP contribution in [0.3, 0.4) is 0 Å². The maximum absolute atomic E-state index is 13.1. The predicted molar refractivity (Wildman–Crippen MR) is 102 cm³/mol. The molecule has 1 unspecified atom stereocenters. The second kappa shape index (κ2) is 8.33. The molecule has 2 aromatic rings. The normalized spacial score (nSPS) is 21.8. The number of nitrogens with one attached hydrogen (secondary N) is 1. The van der Waals surface area contributed by atoms with Gasteiger partial charge in [0.15, 0.2) is 0 Å². The lowest BCUT2D eigenvalue weighted by atomic mass is 9.98. The van der Waals surface area contributed by atoms with Gasteiger partial charge in [-0.15, -0.1) is 0 Å². The molecular weight excluding hydrogens is 348 g/mol. The molecule has 2 aliphatic heterocycles. The van der Waals surface area contributed by atoms with Gasteiger partial charge in [0.2, 0.25) is 0 Å². The van der Waals surface area contributed by atoms with Gasteiger partial charge in [0.05, 0.1) is 18.9 Å². The molecule has 1 atom stereocenters. The van der Waals surface area contributed by atoms with Crippen LogP contribution >= 0.6 is 11.3 Å². The van der Waals surface area contributed by atoms with Crippen LogP contribution in [-0.4, -0.2) is 71.3 Å². The molecule has 2 saturated heterocycles.